The van der Waals surface area contributed by atoms with E-state index in [-0.39, 0.29) is 5.63 Å². The fourth-order valence-electron chi connectivity index (χ4n) is 2.71. The van der Waals surface area contributed by atoms with Crippen LogP contribution in [0.1, 0.15) is 11.1 Å². The van der Waals surface area contributed by atoms with Crippen molar-refractivity contribution in [2.45, 2.75) is 13.8 Å². The molecular formula is C18H14N2O2. The fourth-order valence-corrected chi connectivity index (χ4v) is 2.71. The van der Waals surface area contributed by atoms with Gasteiger partial charge in [-0.05, 0) is 38.1 Å². The van der Waals surface area contributed by atoms with E-state index in [1.807, 2.05) is 44.3 Å². The summed E-state index contributed by atoms with van der Waals surface area (Å²) in [5.74, 6) is 0.346. The molecular weight excluding hydrogens is 276 g/mol. The molecule has 0 aliphatic heterocycles. The number of nitrogens with one attached hydrogen (secondary N) is 1. The summed E-state index contributed by atoms with van der Waals surface area (Å²) in [6.07, 6.45) is 1.83. The van der Waals surface area contributed by atoms with Gasteiger partial charge in [0, 0.05) is 17.1 Å². The Kier molecular flexibility index (Phi) is 2.66. The topological polar surface area (TPSA) is 58.9 Å². The van der Waals surface area contributed by atoms with Crippen LogP contribution in [-0.4, -0.2) is 9.97 Å². The van der Waals surface area contributed by atoms with Gasteiger partial charge in [-0.3, -0.25) is 0 Å². The minimum absolute atomic E-state index is 0.346. The van der Waals surface area contributed by atoms with E-state index in [0.717, 1.165) is 27.6 Å². The number of hydrogen-bond donors (Lipinski definition) is 1. The van der Waals surface area contributed by atoms with E-state index in [0.29, 0.717) is 16.8 Å². The maximum Gasteiger partial charge on any atom is 0.347 e. The van der Waals surface area contributed by atoms with Gasteiger partial charge in [-0.2, -0.15) is 0 Å². The van der Waals surface area contributed by atoms with Crippen LogP contribution in [0.5, 0.6) is 0 Å². The number of nitrogens with zero attached hydrogens (tertiary/aromatic N) is 1. The van der Waals surface area contributed by atoms with Crippen molar-refractivity contribution >= 4 is 21.8 Å². The Balaban J connectivity index is 2.02. The molecule has 4 nitrogen and oxygen atoms in total. The molecule has 0 amide bonds. The van der Waals surface area contributed by atoms with E-state index in [4.69, 9.17) is 4.42 Å². The Morgan fingerprint density at radius 1 is 1.00 bits per heavy atom. The molecule has 4 aromatic rings. The lowest BCUT2D eigenvalue weighted by molar-refractivity contribution is 0.519. The van der Waals surface area contributed by atoms with Gasteiger partial charge in [0.2, 0.25) is 5.89 Å². The van der Waals surface area contributed by atoms with Gasteiger partial charge in [0.15, 0.2) is 0 Å². The SMILES string of the molecule is Cc1ccc2[nH]cc(-c3nc4ccc(C)cc4c(=O)o3)c2c1. The quantitative estimate of drug-likeness (QED) is 0.577. The molecule has 22 heavy (non-hydrogen) atoms. The molecule has 2 heterocycles. The minimum atomic E-state index is -0.356. The molecule has 0 bridgehead atoms. The predicted octanol–water partition coefficient (Wildman–Crippen LogP) is 3.95. The number of fused-ring (bicyclic) bond motifs is 2. The third kappa shape index (κ3) is 1.92. The number of rotatable bonds is 1. The van der Waals surface area contributed by atoms with Gasteiger partial charge >= 0.3 is 5.63 Å². The maximum absolute atomic E-state index is 12.2. The molecule has 0 saturated heterocycles. The Labute approximate surface area is 126 Å². The lowest BCUT2D eigenvalue weighted by atomic mass is 10.1. The summed E-state index contributed by atoms with van der Waals surface area (Å²) in [4.78, 5) is 19.9. The average Bonchev–Trinajstić information content (AvgIpc) is 2.91. The molecule has 0 fully saturated rings. The fraction of sp³-hybridized carbons (Fsp3) is 0.111. The van der Waals surface area contributed by atoms with Crippen molar-refractivity contribution in [1.82, 2.24) is 9.97 Å². The summed E-state index contributed by atoms with van der Waals surface area (Å²) >= 11 is 0. The van der Waals surface area contributed by atoms with Crippen molar-refractivity contribution < 1.29 is 4.42 Å². The lowest BCUT2D eigenvalue weighted by Gasteiger charge is -2.02. The maximum atomic E-state index is 12.2. The number of aromatic amines is 1. The van der Waals surface area contributed by atoms with Gasteiger partial charge < -0.3 is 9.40 Å². The molecule has 0 aliphatic carbocycles. The number of hydrogen-bond acceptors (Lipinski definition) is 3. The zero-order valence-corrected chi connectivity index (χ0v) is 12.3. The smallest absolute Gasteiger partial charge is 0.347 e. The van der Waals surface area contributed by atoms with Crippen molar-refractivity contribution in [2.24, 2.45) is 0 Å². The summed E-state index contributed by atoms with van der Waals surface area (Å²) < 4.78 is 5.45. The third-order valence-electron chi connectivity index (χ3n) is 3.85. The highest BCUT2D eigenvalue weighted by Gasteiger charge is 2.13. The molecule has 108 valence electrons. The van der Waals surface area contributed by atoms with Crippen LogP contribution in [-0.2, 0) is 0 Å². The number of H-pyrrole nitrogens is 1. The van der Waals surface area contributed by atoms with Gasteiger partial charge in [0.05, 0.1) is 16.5 Å². The summed E-state index contributed by atoms with van der Waals surface area (Å²) in [6, 6.07) is 11.7. The number of benzene rings is 2. The molecule has 4 heteroatoms. The van der Waals surface area contributed by atoms with Crippen LogP contribution in [0, 0.1) is 13.8 Å². The second-order valence-electron chi connectivity index (χ2n) is 5.58. The molecule has 0 atom stereocenters. The van der Waals surface area contributed by atoms with Crippen molar-refractivity contribution in [1.29, 1.82) is 0 Å². The van der Waals surface area contributed by atoms with Crippen molar-refractivity contribution in [2.75, 3.05) is 0 Å². The van der Waals surface area contributed by atoms with Gasteiger partial charge in [-0.25, -0.2) is 9.78 Å². The van der Waals surface area contributed by atoms with E-state index in [1.165, 1.54) is 0 Å². The van der Waals surface area contributed by atoms with Crippen LogP contribution in [0.25, 0.3) is 33.3 Å². The molecule has 2 aromatic heterocycles. The Bertz CT molecular complexity index is 1070. The average molecular weight is 290 g/mol. The zero-order valence-electron chi connectivity index (χ0n) is 12.3. The molecule has 0 radical (unpaired) electrons. The minimum Gasteiger partial charge on any atom is -0.403 e. The standard InChI is InChI=1S/C18H14N2O2/c1-10-3-5-15-12(7-10)14(9-19-15)17-20-16-6-4-11(2)8-13(16)18(21)22-17/h3-9,19H,1-2H3. The summed E-state index contributed by atoms with van der Waals surface area (Å²) in [7, 11) is 0. The first-order chi connectivity index (χ1) is 10.6. The molecule has 0 aliphatic rings. The molecule has 0 saturated carbocycles. The number of aromatic nitrogens is 2. The van der Waals surface area contributed by atoms with Gasteiger partial charge in [0.25, 0.3) is 0 Å². The summed E-state index contributed by atoms with van der Waals surface area (Å²) in [6.45, 7) is 3.97. The Morgan fingerprint density at radius 2 is 1.73 bits per heavy atom. The summed E-state index contributed by atoms with van der Waals surface area (Å²) in [5.41, 5.74) is 4.25. The highest BCUT2D eigenvalue weighted by molar-refractivity contribution is 5.94. The van der Waals surface area contributed by atoms with E-state index < -0.39 is 0 Å². The second kappa shape index (κ2) is 4.56. The molecule has 4 rings (SSSR count). The monoisotopic (exact) mass is 290 g/mol. The van der Waals surface area contributed by atoms with Gasteiger partial charge in [-0.1, -0.05) is 23.3 Å². The van der Waals surface area contributed by atoms with Crippen LogP contribution < -0.4 is 5.63 Å². The van der Waals surface area contributed by atoms with Crippen LogP contribution in [0.4, 0.5) is 0 Å². The van der Waals surface area contributed by atoms with Crippen molar-refractivity contribution in [3.8, 4) is 11.5 Å². The molecule has 2 aromatic carbocycles. The predicted molar refractivity (Wildman–Crippen MR) is 87.0 cm³/mol. The first-order valence-electron chi connectivity index (χ1n) is 7.11. The third-order valence-corrected chi connectivity index (χ3v) is 3.85. The van der Waals surface area contributed by atoms with Crippen LogP contribution in [0.15, 0.2) is 51.8 Å². The van der Waals surface area contributed by atoms with Gasteiger partial charge in [-0.15, -0.1) is 0 Å². The first-order valence-corrected chi connectivity index (χ1v) is 7.11. The van der Waals surface area contributed by atoms with Gasteiger partial charge in [0.1, 0.15) is 0 Å². The molecule has 1 N–H and O–H groups in total. The van der Waals surface area contributed by atoms with E-state index >= 15 is 0 Å². The zero-order chi connectivity index (χ0) is 15.3. The lowest BCUT2D eigenvalue weighted by Crippen LogP contribution is -2.03. The van der Waals surface area contributed by atoms with Crippen molar-refractivity contribution in [3.63, 3.8) is 0 Å². The van der Waals surface area contributed by atoms with E-state index in [2.05, 4.69) is 16.0 Å². The Morgan fingerprint density at radius 3 is 2.55 bits per heavy atom. The van der Waals surface area contributed by atoms with Crippen LogP contribution in [0.3, 0.4) is 0 Å². The first kappa shape index (κ1) is 12.8. The highest BCUT2D eigenvalue weighted by Crippen LogP contribution is 2.28. The van der Waals surface area contributed by atoms with Crippen molar-refractivity contribution in [3.05, 3.63) is 64.1 Å². The van der Waals surface area contributed by atoms with E-state index in [1.54, 1.807) is 6.07 Å². The number of aryl methyl sites for hydroxylation is 2. The largest absolute Gasteiger partial charge is 0.403 e. The Hall–Kier alpha value is -2.88. The molecule has 0 unspecified atom stereocenters. The van der Waals surface area contributed by atoms with E-state index in [9.17, 15) is 4.79 Å². The normalized spacial score (nSPS) is 11.4. The highest BCUT2D eigenvalue weighted by atomic mass is 16.4. The molecule has 0 spiro atoms. The summed E-state index contributed by atoms with van der Waals surface area (Å²) in [5, 5.41) is 1.52. The van der Waals surface area contributed by atoms with Crippen LogP contribution in [0.2, 0.25) is 0 Å². The second-order valence-corrected chi connectivity index (χ2v) is 5.58. The van der Waals surface area contributed by atoms with Crippen LogP contribution >= 0.6 is 0 Å².